The van der Waals surface area contributed by atoms with Crippen molar-refractivity contribution in [3.8, 4) is 0 Å². The number of fused-ring (bicyclic) bond motifs is 1. The molecule has 1 heterocycles. The van der Waals surface area contributed by atoms with E-state index in [1.807, 2.05) is 0 Å². The minimum absolute atomic E-state index is 0.218. The average Bonchev–Trinajstić information content (AvgIpc) is 2.91. The highest BCUT2D eigenvalue weighted by atomic mass is 35.5. The van der Waals surface area contributed by atoms with Crippen LogP contribution < -0.4 is 5.32 Å². The highest BCUT2D eigenvalue weighted by Crippen LogP contribution is 2.30. The first-order chi connectivity index (χ1) is 11.4. The molecule has 124 valence electrons. The van der Waals surface area contributed by atoms with Crippen molar-refractivity contribution >= 4 is 69.3 Å². The molecule has 3 aromatic rings. The first-order valence-electron chi connectivity index (χ1n) is 6.91. The van der Waals surface area contributed by atoms with Crippen LogP contribution in [0, 0.1) is 0 Å². The summed E-state index contributed by atoms with van der Waals surface area (Å²) >= 11 is 19.0. The summed E-state index contributed by atoms with van der Waals surface area (Å²) in [7, 11) is 0. The summed E-state index contributed by atoms with van der Waals surface area (Å²) in [5.41, 5.74) is 1.77. The van der Waals surface area contributed by atoms with Gasteiger partial charge in [0.25, 0.3) is 5.22 Å². The normalized spacial score (nSPS) is 12.3. The van der Waals surface area contributed by atoms with Gasteiger partial charge in [-0.05, 0) is 43.3 Å². The second-order valence-electron chi connectivity index (χ2n) is 4.97. The number of hydrogen-bond acceptors (Lipinski definition) is 4. The van der Waals surface area contributed by atoms with Crippen molar-refractivity contribution in [1.82, 2.24) is 4.98 Å². The van der Waals surface area contributed by atoms with Crippen LogP contribution >= 0.6 is 46.6 Å². The van der Waals surface area contributed by atoms with E-state index in [0.29, 0.717) is 37.1 Å². The predicted octanol–water partition coefficient (Wildman–Crippen LogP) is 5.91. The number of hydrogen-bond donors (Lipinski definition) is 1. The molecular formula is C16H11Cl3N2O2S. The second-order valence-corrected chi connectivity index (χ2v) is 7.54. The lowest BCUT2D eigenvalue weighted by Crippen LogP contribution is -2.22. The average molecular weight is 402 g/mol. The van der Waals surface area contributed by atoms with E-state index in [-0.39, 0.29) is 5.91 Å². The number of nitrogens with one attached hydrogen (secondary N) is 1. The van der Waals surface area contributed by atoms with E-state index >= 15 is 0 Å². The maximum atomic E-state index is 12.3. The van der Waals surface area contributed by atoms with Gasteiger partial charge < -0.3 is 9.73 Å². The van der Waals surface area contributed by atoms with E-state index in [4.69, 9.17) is 39.2 Å². The van der Waals surface area contributed by atoms with Gasteiger partial charge in [0, 0.05) is 10.0 Å². The number of amides is 1. The lowest BCUT2D eigenvalue weighted by Gasteiger charge is -2.11. The van der Waals surface area contributed by atoms with Gasteiger partial charge in [-0.25, -0.2) is 4.98 Å². The Morgan fingerprint density at radius 1 is 1.17 bits per heavy atom. The van der Waals surface area contributed by atoms with Crippen LogP contribution in [-0.4, -0.2) is 16.1 Å². The molecule has 1 amide bonds. The lowest BCUT2D eigenvalue weighted by atomic mass is 10.3. The third-order valence-corrected chi connectivity index (χ3v) is 4.89. The lowest BCUT2D eigenvalue weighted by molar-refractivity contribution is -0.115. The number of thioether (sulfide) groups is 1. The number of benzene rings is 2. The van der Waals surface area contributed by atoms with Crippen LogP contribution in [0.2, 0.25) is 15.1 Å². The van der Waals surface area contributed by atoms with Gasteiger partial charge in [0.2, 0.25) is 5.91 Å². The number of halogens is 3. The third-order valence-electron chi connectivity index (χ3n) is 3.17. The zero-order chi connectivity index (χ0) is 17.3. The molecule has 3 rings (SSSR count). The Kier molecular flexibility index (Phi) is 5.25. The van der Waals surface area contributed by atoms with Crippen LogP contribution in [0.4, 0.5) is 5.69 Å². The standard InChI is InChI=1S/C16H11Cl3N2O2S/c1-8(15(22)20-12-4-2-9(17)6-11(12)19)24-16-21-13-7-10(18)3-5-14(13)23-16/h2-8H,1H3,(H,20,22). The topological polar surface area (TPSA) is 55.1 Å². The van der Waals surface area contributed by atoms with Crippen molar-refractivity contribution < 1.29 is 9.21 Å². The molecule has 0 bridgehead atoms. The monoisotopic (exact) mass is 400 g/mol. The van der Waals surface area contributed by atoms with Gasteiger partial charge in [0.1, 0.15) is 5.52 Å². The number of rotatable bonds is 4. The van der Waals surface area contributed by atoms with Crippen LogP contribution in [0.15, 0.2) is 46.0 Å². The van der Waals surface area contributed by atoms with E-state index in [1.54, 1.807) is 43.3 Å². The van der Waals surface area contributed by atoms with Gasteiger partial charge in [-0.1, -0.05) is 46.6 Å². The Hall–Kier alpha value is -1.40. The van der Waals surface area contributed by atoms with E-state index in [9.17, 15) is 4.79 Å². The molecule has 0 saturated heterocycles. The maximum Gasteiger partial charge on any atom is 0.257 e. The molecule has 0 saturated carbocycles. The van der Waals surface area contributed by atoms with E-state index in [2.05, 4.69) is 10.3 Å². The fourth-order valence-corrected chi connectivity index (χ4v) is 3.34. The van der Waals surface area contributed by atoms with E-state index in [1.165, 1.54) is 11.8 Å². The van der Waals surface area contributed by atoms with E-state index in [0.717, 1.165) is 0 Å². The van der Waals surface area contributed by atoms with Gasteiger partial charge in [-0.15, -0.1) is 0 Å². The minimum Gasteiger partial charge on any atom is -0.431 e. The smallest absolute Gasteiger partial charge is 0.257 e. The number of nitrogens with zero attached hydrogens (tertiary/aromatic N) is 1. The van der Waals surface area contributed by atoms with Crippen molar-refractivity contribution in [3.05, 3.63) is 51.5 Å². The predicted molar refractivity (Wildman–Crippen MR) is 99.4 cm³/mol. The molecular weight excluding hydrogens is 391 g/mol. The number of carbonyl (C=O) groups excluding carboxylic acids is 1. The molecule has 0 aliphatic carbocycles. The van der Waals surface area contributed by atoms with Gasteiger partial charge in [0.15, 0.2) is 5.58 Å². The first-order valence-corrected chi connectivity index (χ1v) is 8.92. The zero-order valence-corrected chi connectivity index (χ0v) is 15.4. The van der Waals surface area contributed by atoms with Crippen LogP contribution in [-0.2, 0) is 4.79 Å². The molecule has 0 spiro atoms. The molecule has 1 unspecified atom stereocenters. The molecule has 0 aliphatic rings. The van der Waals surface area contributed by atoms with Crippen LogP contribution in [0.3, 0.4) is 0 Å². The van der Waals surface area contributed by atoms with Crippen molar-refractivity contribution in [3.63, 3.8) is 0 Å². The van der Waals surface area contributed by atoms with Gasteiger partial charge in [-0.3, -0.25) is 4.79 Å². The summed E-state index contributed by atoms with van der Waals surface area (Å²) < 4.78 is 5.60. The molecule has 0 fully saturated rings. The summed E-state index contributed by atoms with van der Waals surface area (Å²) in [6.07, 6.45) is 0. The Morgan fingerprint density at radius 3 is 2.62 bits per heavy atom. The Bertz CT molecular complexity index is 913. The number of aromatic nitrogens is 1. The quantitative estimate of drug-likeness (QED) is 0.552. The van der Waals surface area contributed by atoms with Gasteiger partial charge in [-0.2, -0.15) is 0 Å². The highest BCUT2D eigenvalue weighted by Gasteiger charge is 2.19. The molecule has 0 radical (unpaired) electrons. The maximum absolute atomic E-state index is 12.3. The summed E-state index contributed by atoms with van der Waals surface area (Å²) in [5.74, 6) is -0.218. The van der Waals surface area contributed by atoms with Crippen LogP contribution in [0.5, 0.6) is 0 Å². The highest BCUT2D eigenvalue weighted by molar-refractivity contribution is 8.00. The SMILES string of the molecule is CC(Sc1nc2cc(Cl)ccc2o1)C(=O)Nc1ccc(Cl)cc1Cl. The van der Waals surface area contributed by atoms with Crippen LogP contribution in [0.25, 0.3) is 11.1 Å². The summed E-state index contributed by atoms with van der Waals surface area (Å²) in [4.78, 5) is 16.6. The largest absolute Gasteiger partial charge is 0.431 e. The fourth-order valence-electron chi connectivity index (χ4n) is 1.96. The van der Waals surface area contributed by atoms with Crippen LogP contribution in [0.1, 0.15) is 6.92 Å². The fraction of sp³-hybridized carbons (Fsp3) is 0.125. The first kappa shape index (κ1) is 17.4. The van der Waals surface area contributed by atoms with Crippen molar-refractivity contribution in [2.45, 2.75) is 17.4 Å². The third kappa shape index (κ3) is 3.98. The Morgan fingerprint density at radius 2 is 1.88 bits per heavy atom. The summed E-state index contributed by atoms with van der Waals surface area (Å²) in [6.45, 7) is 1.76. The molecule has 1 aromatic heterocycles. The van der Waals surface area contributed by atoms with Crippen molar-refractivity contribution in [2.24, 2.45) is 0 Å². The summed E-state index contributed by atoms with van der Waals surface area (Å²) in [6, 6.07) is 10.1. The Balaban J connectivity index is 1.70. The molecule has 0 aliphatic heterocycles. The van der Waals surface area contributed by atoms with Crippen molar-refractivity contribution in [1.29, 1.82) is 0 Å². The molecule has 24 heavy (non-hydrogen) atoms. The van der Waals surface area contributed by atoms with Gasteiger partial charge >= 0.3 is 0 Å². The molecule has 2 aromatic carbocycles. The molecule has 4 nitrogen and oxygen atoms in total. The van der Waals surface area contributed by atoms with Gasteiger partial charge in [0.05, 0.1) is 16.0 Å². The second kappa shape index (κ2) is 7.23. The number of oxazole rings is 1. The van der Waals surface area contributed by atoms with Crippen molar-refractivity contribution in [2.75, 3.05) is 5.32 Å². The molecule has 8 heteroatoms. The molecule has 1 N–H and O–H groups in total. The minimum atomic E-state index is -0.430. The number of anilines is 1. The van der Waals surface area contributed by atoms with E-state index < -0.39 is 5.25 Å². The Labute approximate surface area is 157 Å². The number of carbonyl (C=O) groups is 1. The summed E-state index contributed by atoms with van der Waals surface area (Å²) in [5, 5.41) is 4.19. The molecule has 1 atom stereocenters. The zero-order valence-electron chi connectivity index (χ0n) is 12.3.